The Balaban J connectivity index is 1.11. The molecule has 10 aromatic carbocycles. The van der Waals surface area contributed by atoms with Crippen molar-refractivity contribution in [2.24, 2.45) is 0 Å². The summed E-state index contributed by atoms with van der Waals surface area (Å²) < 4.78 is 12.6. The van der Waals surface area contributed by atoms with Crippen molar-refractivity contribution in [3.05, 3.63) is 231 Å². The maximum absolute atomic E-state index is 6.35. The van der Waals surface area contributed by atoms with E-state index in [0.717, 1.165) is 94.7 Å². The van der Waals surface area contributed by atoms with Gasteiger partial charge in [-0.2, -0.15) is 0 Å². The summed E-state index contributed by atoms with van der Waals surface area (Å²) in [6, 6.07) is 81.9. The molecule has 0 bridgehead atoms. The van der Waals surface area contributed by atoms with Crippen molar-refractivity contribution in [3.63, 3.8) is 0 Å². The first-order valence-electron chi connectivity index (χ1n) is 21.0. The average Bonchev–Trinajstić information content (AvgIpc) is 3.90. The van der Waals surface area contributed by atoms with E-state index in [9.17, 15) is 0 Å². The molecule has 0 atom stereocenters. The lowest BCUT2D eigenvalue weighted by atomic mass is 9.97. The number of rotatable bonds is 8. The van der Waals surface area contributed by atoms with Crippen LogP contribution in [0.2, 0.25) is 0 Å². The van der Waals surface area contributed by atoms with Gasteiger partial charge in [0.05, 0.1) is 0 Å². The monoisotopic (exact) mass is 794 g/mol. The fourth-order valence-electron chi connectivity index (χ4n) is 9.09. The molecule has 0 N–H and O–H groups in total. The molecule has 0 saturated heterocycles. The van der Waals surface area contributed by atoms with Gasteiger partial charge in [0.25, 0.3) is 0 Å². The van der Waals surface area contributed by atoms with Crippen LogP contribution in [-0.2, 0) is 0 Å². The van der Waals surface area contributed by atoms with E-state index in [0.29, 0.717) is 0 Å². The standard InChI is InChI=1S/C58H38N2O2/c1-3-16-43(17-4-1)59(44-18-5-2-6-19-44)47-34-42(41-28-32-57-53(36-41)51-21-9-11-24-55(51)61-57)35-48(37-47)60(46-31-33-58-54(38-46)52-22-10-12-25-56(52)62-58)45-29-26-40(27-30-45)50-23-13-15-39-14-7-8-20-49(39)50/h1-38H. The predicted molar refractivity (Wildman–Crippen MR) is 259 cm³/mol. The average molecular weight is 795 g/mol. The first-order valence-corrected chi connectivity index (χ1v) is 21.0. The summed E-state index contributed by atoms with van der Waals surface area (Å²) in [4.78, 5) is 4.72. The molecule has 0 aliphatic heterocycles. The van der Waals surface area contributed by atoms with Crippen LogP contribution >= 0.6 is 0 Å². The molecule has 0 aliphatic carbocycles. The second-order valence-electron chi connectivity index (χ2n) is 15.7. The normalized spacial score (nSPS) is 11.5. The minimum absolute atomic E-state index is 0.857. The Labute approximate surface area is 358 Å². The fourth-order valence-corrected chi connectivity index (χ4v) is 9.09. The van der Waals surface area contributed by atoms with Crippen LogP contribution in [0.4, 0.5) is 34.1 Å². The lowest BCUT2D eigenvalue weighted by Crippen LogP contribution is -2.13. The van der Waals surface area contributed by atoms with Gasteiger partial charge in [-0.3, -0.25) is 0 Å². The van der Waals surface area contributed by atoms with Crippen molar-refractivity contribution in [3.8, 4) is 22.3 Å². The van der Waals surface area contributed by atoms with Crippen LogP contribution in [0.3, 0.4) is 0 Å². The summed E-state index contributed by atoms with van der Waals surface area (Å²) >= 11 is 0. The first kappa shape index (κ1) is 35.6. The SMILES string of the molecule is c1ccc(N(c2ccccc2)c2cc(-c3ccc4oc5ccccc5c4c3)cc(N(c3ccc(-c4cccc5ccccc45)cc3)c3ccc4oc5ccccc5c4c3)c2)cc1. The van der Waals surface area contributed by atoms with E-state index in [1.807, 2.05) is 24.3 Å². The molecule has 0 radical (unpaired) electrons. The molecule has 12 rings (SSSR count). The van der Waals surface area contributed by atoms with Crippen molar-refractivity contribution in [1.82, 2.24) is 0 Å². The van der Waals surface area contributed by atoms with Gasteiger partial charge in [0.15, 0.2) is 0 Å². The molecular formula is C58H38N2O2. The summed E-state index contributed by atoms with van der Waals surface area (Å²) in [5.41, 5.74) is 14.2. The van der Waals surface area contributed by atoms with E-state index in [1.54, 1.807) is 0 Å². The summed E-state index contributed by atoms with van der Waals surface area (Å²) in [6.07, 6.45) is 0. The lowest BCUT2D eigenvalue weighted by Gasteiger charge is -2.30. The molecule has 0 fully saturated rings. The van der Waals surface area contributed by atoms with E-state index in [-0.39, 0.29) is 0 Å². The predicted octanol–water partition coefficient (Wildman–Crippen LogP) is 16.9. The number of para-hydroxylation sites is 4. The number of nitrogens with zero attached hydrogens (tertiary/aromatic N) is 2. The number of hydrogen-bond donors (Lipinski definition) is 0. The van der Waals surface area contributed by atoms with Gasteiger partial charge in [-0.05, 0) is 130 Å². The van der Waals surface area contributed by atoms with Crippen molar-refractivity contribution < 1.29 is 8.83 Å². The van der Waals surface area contributed by atoms with Crippen LogP contribution in [0.5, 0.6) is 0 Å². The number of anilines is 6. The quantitative estimate of drug-likeness (QED) is 0.153. The zero-order valence-corrected chi connectivity index (χ0v) is 33.7. The number of benzene rings is 10. The molecule has 0 amide bonds. The van der Waals surface area contributed by atoms with Crippen molar-refractivity contribution in [2.45, 2.75) is 0 Å². The third-order valence-electron chi connectivity index (χ3n) is 12.0. The maximum atomic E-state index is 6.35. The third-order valence-corrected chi connectivity index (χ3v) is 12.0. The second kappa shape index (κ2) is 14.7. The van der Waals surface area contributed by atoms with Crippen LogP contribution in [-0.4, -0.2) is 0 Å². The topological polar surface area (TPSA) is 32.8 Å². The largest absolute Gasteiger partial charge is 0.456 e. The minimum atomic E-state index is 0.857. The van der Waals surface area contributed by atoms with Crippen LogP contribution in [0.1, 0.15) is 0 Å². The maximum Gasteiger partial charge on any atom is 0.135 e. The minimum Gasteiger partial charge on any atom is -0.456 e. The fraction of sp³-hybridized carbons (Fsp3) is 0. The Morgan fingerprint density at radius 3 is 1.37 bits per heavy atom. The number of hydrogen-bond acceptors (Lipinski definition) is 4. The van der Waals surface area contributed by atoms with Gasteiger partial charge in [-0.15, -0.1) is 0 Å². The molecule has 0 unspecified atom stereocenters. The summed E-state index contributed by atoms with van der Waals surface area (Å²) in [5, 5.41) is 6.81. The summed E-state index contributed by atoms with van der Waals surface area (Å²) in [6.45, 7) is 0. The second-order valence-corrected chi connectivity index (χ2v) is 15.7. The highest BCUT2D eigenvalue weighted by atomic mass is 16.3. The number of furan rings is 2. The first-order chi connectivity index (χ1) is 30.7. The Morgan fingerprint density at radius 2 is 0.710 bits per heavy atom. The molecule has 0 spiro atoms. The molecule has 2 aromatic heterocycles. The van der Waals surface area contributed by atoms with Gasteiger partial charge in [-0.1, -0.05) is 133 Å². The van der Waals surface area contributed by atoms with Gasteiger partial charge in [0.2, 0.25) is 0 Å². The highest BCUT2D eigenvalue weighted by molar-refractivity contribution is 6.08. The van der Waals surface area contributed by atoms with Gasteiger partial charge in [0.1, 0.15) is 22.3 Å². The molecule has 0 saturated carbocycles. The van der Waals surface area contributed by atoms with E-state index in [1.165, 1.54) is 16.3 Å². The lowest BCUT2D eigenvalue weighted by molar-refractivity contribution is 0.668. The zero-order chi connectivity index (χ0) is 41.0. The Bertz CT molecular complexity index is 3540. The molecular weight excluding hydrogens is 757 g/mol. The van der Waals surface area contributed by atoms with Gasteiger partial charge < -0.3 is 18.6 Å². The highest BCUT2D eigenvalue weighted by Gasteiger charge is 2.21. The van der Waals surface area contributed by atoms with E-state index >= 15 is 0 Å². The smallest absolute Gasteiger partial charge is 0.135 e. The molecule has 4 nitrogen and oxygen atoms in total. The molecule has 292 valence electrons. The van der Waals surface area contributed by atoms with E-state index in [4.69, 9.17) is 8.83 Å². The van der Waals surface area contributed by atoms with Crippen LogP contribution in [0, 0.1) is 0 Å². The van der Waals surface area contributed by atoms with Crippen molar-refractivity contribution >= 4 is 88.8 Å². The molecule has 62 heavy (non-hydrogen) atoms. The highest BCUT2D eigenvalue weighted by Crippen LogP contribution is 2.45. The Morgan fingerprint density at radius 1 is 0.242 bits per heavy atom. The van der Waals surface area contributed by atoms with E-state index in [2.05, 4.69) is 216 Å². The Kier molecular flexibility index (Phi) is 8.46. The molecule has 12 aromatic rings. The van der Waals surface area contributed by atoms with Crippen LogP contribution < -0.4 is 9.80 Å². The van der Waals surface area contributed by atoms with Crippen LogP contribution in [0.25, 0.3) is 76.9 Å². The van der Waals surface area contributed by atoms with Gasteiger partial charge >= 0.3 is 0 Å². The van der Waals surface area contributed by atoms with Gasteiger partial charge in [-0.25, -0.2) is 0 Å². The summed E-state index contributed by atoms with van der Waals surface area (Å²) in [5.74, 6) is 0. The molecule has 4 heteroatoms. The van der Waals surface area contributed by atoms with Crippen molar-refractivity contribution in [2.75, 3.05) is 9.80 Å². The zero-order valence-electron chi connectivity index (χ0n) is 33.7. The molecule has 2 heterocycles. The van der Waals surface area contributed by atoms with Crippen LogP contribution in [0.15, 0.2) is 239 Å². The molecule has 0 aliphatic rings. The third kappa shape index (κ3) is 6.16. The number of fused-ring (bicyclic) bond motifs is 7. The van der Waals surface area contributed by atoms with E-state index < -0.39 is 0 Å². The van der Waals surface area contributed by atoms with Crippen molar-refractivity contribution in [1.29, 1.82) is 0 Å². The van der Waals surface area contributed by atoms with Gasteiger partial charge in [0, 0.05) is 55.7 Å². The summed E-state index contributed by atoms with van der Waals surface area (Å²) in [7, 11) is 0. The Hall–Kier alpha value is -8.34.